The molecule has 334 valence electrons. The van der Waals surface area contributed by atoms with E-state index in [1.54, 1.807) is 0 Å². The van der Waals surface area contributed by atoms with E-state index in [4.69, 9.17) is 0 Å². The van der Waals surface area contributed by atoms with Gasteiger partial charge in [-0.05, 0) is 134 Å². The number of rotatable bonds is 9. The first-order chi connectivity index (χ1) is 34.7. The molecular formula is C68H52N2. The lowest BCUT2D eigenvalue weighted by molar-refractivity contribution is 0.445. The molecule has 11 aromatic carbocycles. The minimum Gasteiger partial charge on any atom is -0.309 e. The van der Waals surface area contributed by atoms with Crippen molar-refractivity contribution in [2.45, 2.75) is 38.0 Å². The molecule has 1 aromatic heterocycles. The molecule has 2 heteroatoms. The Balaban J connectivity index is 1.03. The van der Waals surface area contributed by atoms with Gasteiger partial charge in [0, 0.05) is 33.3 Å². The number of hydrogen-bond acceptors (Lipinski definition) is 1. The van der Waals surface area contributed by atoms with Crippen molar-refractivity contribution in [1.82, 2.24) is 4.57 Å². The maximum absolute atomic E-state index is 2.54. The smallest absolute Gasteiger partial charge is 0.0546 e. The molecule has 1 fully saturated rings. The van der Waals surface area contributed by atoms with Crippen LogP contribution < -0.4 is 4.90 Å². The van der Waals surface area contributed by atoms with Crippen LogP contribution in [0.5, 0.6) is 0 Å². The second kappa shape index (κ2) is 17.9. The molecule has 70 heavy (non-hydrogen) atoms. The highest BCUT2D eigenvalue weighted by atomic mass is 15.1. The van der Waals surface area contributed by atoms with Crippen molar-refractivity contribution in [2.24, 2.45) is 0 Å². The quantitative estimate of drug-likeness (QED) is 0.140. The van der Waals surface area contributed by atoms with Crippen molar-refractivity contribution >= 4 is 60.4 Å². The number of para-hydroxylation sites is 3. The number of aromatic nitrogens is 1. The Morgan fingerprint density at radius 1 is 0.343 bits per heavy atom. The van der Waals surface area contributed by atoms with E-state index in [2.05, 4.69) is 258 Å². The lowest BCUT2D eigenvalue weighted by atomic mass is 9.80. The van der Waals surface area contributed by atoms with Crippen molar-refractivity contribution in [3.63, 3.8) is 0 Å². The highest BCUT2D eigenvalue weighted by Crippen LogP contribution is 2.49. The van der Waals surface area contributed by atoms with Crippen LogP contribution in [0.25, 0.3) is 93.5 Å². The maximum atomic E-state index is 2.54. The molecule has 1 saturated carbocycles. The van der Waals surface area contributed by atoms with Gasteiger partial charge in [-0.15, -0.1) is 0 Å². The van der Waals surface area contributed by atoms with E-state index >= 15 is 0 Å². The summed E-state index contributed by atoms with van der Waals surface area (Å²) in [5.74, 6) is 0.561. The summed E-state index contributed by atoms with van der Waals surface area (Å²) in [6.45, 7) is 0. The number of nitrogens with zero attached hydrogens (tertiary/aromatic N) is 2. The summed E-state index contributed by atoms with van der Waals surface area (Å²) < 4.78 is 2.39. The van der Waals surface area contributed by atoms with Gasteiger partial charge in [-0.1, -0.05) is 213 Å². The average Bonchev–Trinajstić information content (AvgIpc) is 3.77. The average molecular weight is 897 g/mol. The fourth-order valence-corrected chi connectivity index (χ4v) is 11.7. The van der Waals surface area contributed by atoms with Crippen LogP contribution in [0.3, 0.4) is 0 Å². The van der Waals surface area contributed by atoms with Crippen molar-refractivity contribution < 1.29 is 0 Å². The molecule has 0 unspecified atom stereocenters. The summed E-state index contributed by atoms with van der Waals surface area (Å²) in [6, 6.07) is 92.2. The Hall–Kier alpha value is -8.46. The zero-order valence-electron chi connectivity index (χ0n) is 39.2. The van der Waals surface area contributed by atoms with Crippen molar-refractivity contribution in [2.75, 3.05) is 4.90 Å². The Bertz CT molecular complexity index is 3850. The molecule has 0 N–H and O–H groups in total. The van der Waals surface area contributed by atoms with E-state index in [0.29, 0.717) is 5.92 Å². The maximum Gasteiger partial charge on any atom is 0.0546 e. The van der Waals surface area contributed by atoms with E-state index in [1.165, 1.54) is 131 Å². The number of benzene rings is 11. The molecule has 0 amide bonds. The summed E-state index contributed by atoms with van der Waals surface area (Å²) >= 11 is 0. The van der Waals surface area contributed by atoms with Gasteiger partial charge in [0.1, 0.15) is 0 Å². The molecule has 0 saturated heterocycles. The van der Waals surface area contributed by atoms with Crippen molar-refractivity contribution in [3.05, 3.63) is 254 Å². The minimum absolute atomic E-state index is 0.561. The lowest BCUT2D eigenvalue weighted by Crippen LogP contribution is -2.13. The van der Waals surface area contributed by atoms with Crippen LogP contribution in [0.2, 0.25) is 0 Å². The SMILES string of the molecule is c1ccc(-c2ccc(-c3cccc4ccccc34)cc2N(c2ccc(-c3ccc4c(c3)c3ccccc3n4-c3ccccc3)cc2)c2ccccc2-c2cccc3cccc(C4CCCCC4)c23)cc1. The van der Waals surface area contributed by atoms with E-state index in [1.807, 2.05) is 0 Å². The largest absolute Gasteiger partial charge is 0.309 e. The molecule has 0 radical (unpaired) electrons. The minimum atomic E-state index is 0.561. The number of fused-ring (bicyclic) bond motifs is 5. The molecule has 1 aliphatic rings. The van der Waals surface area contributed by atoms with Gasteiger partial charge in [-0.3, -0.25) is 0 Å². The second-order valence-electron chi connectivity index (χ2n) is 19.0. The van der Waals surface area contributed by atoms with Crippen molar-refractivity contribution in [1.29, 1.82) is 0 Å². The van der Waals surface area contributed by atoms with Gasteiger partial charge in [-0.25, -0.2) is 0 Å². The molecule has 0 atom stereocenters. The van der Waals surface area contributed by atoms with Crippen molar-refractivity contribution in [3.8, 4) is 50.2 Å². The Labute approximate surface area is 410 Å². The molecule has 1 aliphatic carbocycles. The van der Waals surface area contributed by atoms with Crippen LogP contribution in [0.4, 0.5) is 17.1 Å². The Kier molecular flexibility index (Phi) is 10.7. The molecule has 13 rings (SSSR count). The first-order valence-electron chi connectivity index (χ1n) is 25.0. The molecule has 2 nitrogen and oxygen atoms in total. The van der Waals surface area contributed by atoms with E-state index < -0.39 is 0 Å². The normalized spacial score (nSPS) is 13.1. The highest BCUT2D eigenvalue weighted by Gasteiger charge is 2.25. The fraction of sp³-hybridized carbons (Fsp3) is 0.0882. The van der Waals surface area contributed by atoms with Gasteiger partial charge in [0.05, 0.1) is 22.4 Å². The molecule has 0 aliphatic heterocycles. The summed E-state index contributed by atoms with van der Waals surface area (Å²) in [5.41, 5.74) is 18.0. The summed E-state index contributed by atoms with van der Waals surface area (Å²) in [7, 11) is 0. The van der Waals surface area contributed by atoms with Gasteiger partial charge in [0.2, 0.25) is 0 Å². The summed E-state index contributed by atoms with van der Waals surface area (Å²) in [6.07, 6.45) is 6.42. The van der Waals surface area contributed by atoms with Crippen LogP contribution in [0.1, 0.15) is 43.6 Å². The van der Waals surface area contributed by atoms with Crippen LogP contribution in [0.15, 0.2) is 249 Å². The topological polar surface area (TPSA) is 8.17 Å². The standard InChI is InChI=1S/C68H52N2/c1-4-19-49(20-5-1)58-43-39-53(57-32-16-24-48-23-10-11-29-56(48)57)46-67(58)70(64-35-14-12-30-60(64)62-34-18-26-51-25-17-33-59(68(51)62)50-21-6-2-7-22-50)55-41-37-47(38-42-55)52-40-44-66-63(45-52)61-31-13-15-36-65(61)69(66)54-27-8-3-9-28-54/h1,3-5,8-20,23-46,50H,2,6-7,21-22H2. The van der Waals surface area contributed by atoms with E-state index in [9.17, 15) is 0 Å². The van der Waals surface area contributed by atoms with E-state index in [0.717, 1.165) is 17.1 Å². The predicted molar refractivity (Wildman–Crippen MR) is 298 cm³/mol. The predicted octanol–water partition coefficient (Wildman–Crippen LogP) is 19.3. The third kappa shape index (κ3) is 7.36. The molecule has 12 aromatic rings. The van der Waals surface area contributed by atoms with Gasteiger partial charge in [0.25, 0.3) is 0 Å². The zero-order chi connectivity index (χ0) is 46.4. The number of anilines is 3. The molecule has 0 spiro atoms. The van der Waals surface area contributed by atoms with Crippen LogP contribution in [0, 0.1) is 0 Å². The first-order valence-corrected chi connectivity index (χ1v) is 25.0. The van der Waals surface area contributed by atoms with Gasteiger partial charge < -0.3 is 9.47 Å². The molecule has 1 heterocycles. The summed E-state index contributed by atoms with van der Waals surface area (Å²) in [5, 5.41) is 7.67. The van der Waals surface area contributed by atoms with Gasteiger partial charge in [0.15, 0.2) is 0 Å². The Morgan fingerprint density at radius 2 is 0.957 bits per heavy atom. The molecular weight excluding hydrogens is 845 g/mol. The number of hydrogen-bond donors (Lipinski definition) is 0. The van der Waals surface area contributed by atoms with E-state index in [-0.39, 0.29) is 0 Å². The monoisotopic (exact) mass is 896 g/mol. The van der Waals surface area contributed by atoms with Crippen LogP contribution in [-0.4, -0.2) is 4.57 Å². The third-order valence-electron chi connectivity index (χ3n) is 15.0. The second-order valence-corrected chi connectivity index (χ2v) is 19.0. The third-order valence-corrected chi connectivity index (χ3v) is 15.0. The van der Waals surface area contributed by atoms with Crippen LogP contribution in [-0.2, 0) is 0 Å². The zero-order valence-corrected chi connectivity index (χ0v) is 39.2. The summed E-state index contributed by atoms with van der Waals surface area (Å²) in [4.78, 5) is 2.54. The van der Waals surface area contributed by atoms with Gasteiger partial charge >= 0.3 is 0 Å². The highest BCUT2D eigenvalue weighted by molar-refractivity contribution is 6.11. The van der Waals surface area contributed by atoms with Gasteiger partial charge in [-0.2, -0.15) is 0 Å². The van der Waals surface area contributed by atoms with Crippen LogP contribution >= 0.6 is 0 Å². The fourth-order valence-electron chi connectivity index (χ4n) is 11.7. The Morgan fingerprint density at radius 3 is 1.79 bits per heavy atom. The molecule has 0 bridgehead atoms. The lowest BCUT2D eigenvalue weighted by Gasteiger charge is -2.31. The first kappa shape index (κ1) is 41.7.